The van der Waals surface area contributed by atoms with Crippen LogP contribution in [0.15, 0.2) is 24.3 Å². The molecule has 0 amide bonds. The Morgan fingerprint density at radius 2 is 1.80 bits per heavy atom. The van der Waals surface area contributed by atoms with Crippen LogP contribution in [-0.2, 0) is 29.5 Å². The molecule has 4 aromatic rings. The van der Waals surface area contributed by atoms with E-state index in [9.17, 15) is 26.9 Å². The number of sulfonamides is 1. The Morgan fingerprint density at radius 1 is 1.06 bits per heavy atom. The second kappa shape index (κ2) is 14.4. The van der Waals surface area contributed by atoms with Gasteiger partial charge in [-0.05, 0) is 49.1 Å². The molecule has 6 rings (SSSR count). The van der Waals surface area contributed by atoms with E-state index in [1.807, 2.05) is 10.6 Å². The number of aryl methyl sites for hydroxylation is 1. The monoisotopic (exact) mass is 719 g/mol. The number of nitrogens with zero attached hydrogens (tertiary/aromatic N) is 7. The summed E-state index contributed by atoms with van der Waals surface area (Å²) in [6.45, 7) is 7.33. The molecule has 1 aromatic carbocycles. The zero-order chi connectivity index (χ0) is 34.9. The van der Waals surface area contributed by atoms with Crippen LogP contribution in [0.5, 0.6) is 0 Å². The normalized spacial score (nSPS) is 17.6. The third-order valence-electron chi connectivity index (χ3n) is 9.45. The van der Waals surface area contributed by atoms with Crippen molar-refractivity contribution in [1.29, 1.82) is 5.26 Å². The molecule has 5 heterocycles. The summed E-state index contributed by atoms with van der Waals surface area (Å²) in [6.07, 6.45) is -3.68. The number of aliphatic hydroxyl groups is 1. The van der Waals surface area contributed by atoms with Crippen LogP contribution in [0.25, 0.3) is 21.1 Å². The lowest BCUT2D eigenvalue weighted by molar-refractivity contribution is -0.126. The van der Waals surface area contributed by atoms with Crippen LogP contribution in [0.2, 0.25) is 0 Å². The number of nitriles is 1. The number of benzene rings is 1. The molecule has 0 unspecified atom stereocenters. The highest BCUT2D eigenvalue weighted by Crippen LogP contribution is 2.34. The summed E-state index contributed by atoms with van der Waals surface area (Å²) in [5.41, 5.74) is 9.78. The molecule has 12 nitrogen and oxygen atoms in total. The van der Waals surface area contributed by atoms with Gasteiger partial charge in [0.1, 0.15) is 22.4 Å². The molecule has 264 valence electrons. The fourth-order valence-corrected chi connectivity index (χ4v) is 9.07. The largest absolute Gasteiger partial charge is 0.395 e. The minimum absolute atomic E-state index is 0.0258. The molecule has 4 N–H and O–H groups in total. The lowest BCUT2D eigenvalue weighted by atomic mass is 10.0. The molecule has 49 heavy (non-hydrogen) atoms. The number of aliphatic hydroxyl groups excluding tert-OH is 1. The molecule has 0 atom stereocenters. The molecular formula is C32H40F3N9O3S2. The molecule has 2 aliphatic rings. The van der Waals surface area contributed by atoms with Gasteiger partial charge >= 0.3 is 6.18 Å². The van der Waals surface area contributed by atoms with E-state index in [0.717, 1.165) is 60.3 Å². The molecule has 2 aliphatic heterocycles. The number of alkyl halides is 3. The number of rotatable bonds is 11. The molecule has 2 saturated heterocycles. The van der Waals surface area contributed by atoms with Gasteiger partial charge in [-0.25, -0.2) is 13.4 Å². The number of piperidine rings is 1. The van der Waals surface area contributed by atoms with E-state index in [4.69, 9.17) is 10.8 Å². The Kier molecular flexibility index (Phi) is 10.4. The summed E-state index contributed by atoms with van der Waals surface area (Å²) in [4.78, 5) is 13.7. The summed E-state index contributed by atoms with van der Waals surface area (Å²) in [6, 6.07) is 10.1. The smallest absolute Gasteiger partial charge is 0.393 e. The predicted octanol–water partition coefficient (Wildman–Crippen LogP) is 3.53. The first-order chi connectivity index (χ1) is 23.3. The molecule has 0 saturated carbocycles. The number of hydrogen-bond acceptors (Lipinski definition) is 11. The number of halogens is 3. The molecule has 0 radical (unpaired) electrons. The van der Waals surface area contributed by atoms with E-state index >= 15 is 0 Å². The first-order valence-corrected chi connectivity index (χ1v) is 18.7. The highest BCUT2D eigenvalue weighted by molar-refractivity contribution is 7.89. The van der Waals surface area contributed by atoms with Gasteiger partial charge in [-0.1, -0.05) is 6.07 Å². The van der Waals surface area contributed by atoms with E-state index in [-0.39, 0.29) is 29.2 Å². The number of nitrogens with one attached hydrogen (secondary N) is 1. The van der Waals surface area contributed by atoms with Gasteiger partial charge in [-0.15, -0.1) is 11.3 Å². The van der Waals surface area contributed by atoms with E-state index in [1.54, 1.807) is 0 Å². The predicted molar refractivity (Wildman–Crippen MR) is 184 cm³/mol. The van der Waals surface area contributed by atoms with Crippen LogP contribution in [-0.4, -0.2) is 113 Å². The molecule has 3 aromatic heterocycles. The maximum Gasteiger partial charge on any atom is 0.393 e. The lowest BCUT2D eigenvalue weighted by Gasteiger charge is -2.34. The third kappa shape index (κ3) is 8.11. The Balaban J connectivity index is 1.06. The highest BCUT2D eigenvalue weighted by Gasteiger charge is 2.30. The van der Waals surface area contributed by atoms with E-state index in [1.165, 1.54) is 15.9 Å². The molecule has 2 fully saturated rings. The van der Waals surface area contributed by atoms with Gasteiger partial charge in [0, 0.05) is 80.7 Å². The van der Waals surface area contributed by atoms with Crippen molar-refractivity contribution in [3.63, 3.8) is 0 Å². The zero-order valence-corrected chi connectivity index (χ0v) is 28.8. The Morgan fingerprint density at radius 3 is 2.47 bits per heavy atom. The average Bonchev–Trinajstić information content (AvgIpc) is 3.62. The van der Waals surface area contributed by atoms with Crippen molar-refractivity contribution >= 4 is 54.2 Å². The van der Waals surface area contributed by atoms with Crippen molar-refractivity contribution in [2.45, 2.75) is 51.5 Å². The topological polar surface area (TPSA) is 157 Å². The van der Waals surface area contributed by atoms with E-state index in [2.05, 4.69) is 50.2 Å². The van der Waals surface area contributed by atoms with Gasteiger partial charge in [0.05, 0.1) is 24.2 Å². The van der Waals surface area contributed by atoms with Gasteiger partial charge in [0.25, 0.3) is 0 Å². The molecule has 0 aliphatic carbocycles. The van der Waals surface area contributed by atoms with Crippen molar-refractivity contribution in [2.75, 3.05) is 69.2 Å². The summed E-state index contributed by atoms with van der Waals surface area (Å²) < 4.78 is 67.0. The minimum Gasteiger partial charge on any atom is -0.395 e. The average molecular weight is 720 g/mol. The number of piperazine rings is 1. The number of nitrogens with two attached hydrogens (primary N) is 1. The van der Waals surface area contributed by atoms with Crippen LogP contribution in [0.1, 0.15) is 34.5 Å². The number of likely N-dealkylation sites (tertiary alicyclic amines) is 1. The fraction of sp³-hybridized carbons (Fsp3) is 0.531. The van der Waals surface area contributed by atoms with Gasteiger partial charge in [-0.2, -0.15) is 27.7 Å². The van der Waals surface area contributed by atoms with Crippen molar-refractivity contribution in [3.05, 3.63) is 46.0 Å². The third-order valence-corrected chi connectivity index (χ3v) is 12.3. The number of anilines is 2. The van der Waals surface area contributed by atoms with Gasteiger partial charge in [-0.3, -0.25) is 9.80 Å². The Bertz CT molecular complexity index is 1960. The highest BCUT2D eigenvalue weighted by atomic mass is 32.2. The van der Waals surface area contributed by atoms with Crippen molar-refractivity contribution in [2.24, 2.45) is 0 Å². The number of nitrogen functional groups attached to an aromatic ring is 1. The molecule has 0 spiro atoms. The summed E-state index contributed by atoms with van der Waals surface area (Å²) in [7, 11) is -3.44. The Labute approximate surface area is 287 Å². The molecule has 17 heteroatoms. The number of hydrogen-bond donors (Lipinski definition) is 3. The van der Waals surface area contributed by atoms with E-state index in [0.29, 0.717) is 61.0 Å². The van der Waals surface area contributed by atoms with Crippen LogP contribution in [0.3, 0.4) is 0 Å². The summed E-state index contributed by atoms with van der Waals surface area (Å²) in [5.74, 6) is 0.236. The van der Waals surface area contributed by atoms with Crippen molar-refractivity contribution in [1.82, 2.24) is 28.6 Å². The van der Waals surface area contributed by atoms with Crippen LogP contribution in [0.4, 0.5) is 24.9 Å². The quantitative estimate of drug-likeness (QED) is 0.210. The standard InChI is InChI=1S/C32H40F3N9O3S2/c1-21-22(2-3-28-26(21)16-24(19-36)44(28)13-10-41-8-11-43(12-9-41)49(46,47)15-14-45)20-42-6-4-23(5-7-42)38-29-27-17-25(18-32(33,34)35)48-30(27)40-31(37)39-29/h2-3,16-17,23,45H,4-15,18,20H2,1H3,(H3,37,38,39,40). The maximum absolute atomic E-state index is 13.0. The summed E-state index contributed by atoms with van der Waals surface area (Å²) >= 11 is 0.986. The van der Waals surface area contributed by atoms with Gasteiger partial charge in [0.2, 0.25) is 16.0 Å². The second-order valence-electron chi connectivity index (χ2n) is 12.7. The van der Waals surface area contributed by atoms with Crippen LogP contribution in [0, 0.1) is 18.3 Å². The molecule has 0 bridgehead atoms. The van der Waals surface area contributed by atoms with Crippen LogP contribution >= 0.6 is 11.3 Å². The first-order valence-electron chi connectivity index (χ1n) is 16.3. The van der Waals surface area contributed by atoms with Gasteiger partial charge < -0.3 is 20.7 Å². The molecular weight excluding hydrogens is 680 g/mol. The van der Waals surface area contributed by atoms with Crippen molar-refractivity contribution < 1.29 is 26.7 Å². The number of fused-ring (bicyclic) bond motifs is 2. The van der Waals surface area contributed by atoms with Crippen LogP contribution < -0.4 is 11.1 Å². The van der Waals surface area contributed by atoms with Gasteiger partial charge in [0.15, 0.2) is 0 Å². The van der Waals surface area contributed by atoms with Crippen molar-refractivity contribution in [3.8, 4) is 6.07 Å². The zero-order valence-electron chi connectivity index (χ0n) is 27.2. The summed E-state index contributed by atoms with van der Waals surface area (Å²) in [5, 5.41) is 24.0. The first kappa shape index (κ1) is 35.3. The fourth-order valence-electron chi connectivity index (χ4n) is 6.80. The SMILES string of the molecule is Cc1c(CN2CCC(Nc3nc(N)nc4sc(CC(F)(F)F)cc34)CC2)ccc2c1cc(C#N)n2CCN1CCN(S(=O)(=O)CCO)CC1. The van der Waals surface area contributed by atoms with E-state index < -0.39 is 22.6 Å². The number of thiophene rings is 1. The number of aromatic nitrogens is 3. The Hall–Kier alpha value is -3.53. The minimum atomic E-state index is -4.31. The second-order valence-corrected chi connectivity index (χ2v) is 15.9. The lowest BCUT2D eigenvalue weighted by Crippen LogP contribution is -2.50. The maximum atomic E-state index is 13.0.